The van der Waals surface area contributed by atoms with Crippen LogP contribution in [-0.2, 0) is 7.05 Å². The van der Waals surface area contributed by atoms with E-state index in [1.165, 1.54) is 12.1 Å². The molecule has 0 atom stereocenters. The number of alkyl halides is 2. The van der Waals surface area contributed by atoms with Gasteiger partial charge in [-0.25, -0.2) is 13.8 Å². The number of imidazole rings is 1. The number of hydrogen-bond acceptors (Lipinski definition) is 2. The lowest BCUT2D eigenvalue weighted by atomic mass is 10.1. The quantitative estimate of drug-likeness (QED) is 0.711. The number of rotatable bonds is 2. The SMILES string of the molecule is Cn1cnc2cc(C(=O)C(F)F)ccc21. The van der Waals surface area contributed by atoms with Gasteiger partial charge < -0.3 is 4.57 Å². The highest BCUT2D eigenvalue weighted by Gasteiger charge is 2.18. The summed E-state index contributed by atoms with van der Waals surface area (Å²) in [4.78, 5) is 15.0. The second-order valence-corrected chi connectivity index (χ2v) is 3.22. The van der Waals surface area contributed by atoms with Gasteiger partial charge in [0.15, 0.2) is 0 Å². The molecule has 0 aliphatic heterocycles. The van der Waals surface area contributed by atoms with Crippen molar-refractivity contribution in [3.63, 3.8) is 0 Å². The van der Waals surface area contributed by atoms with Gasteiger partial charge in [0.2, 0.25) is 5.78 Å². The Bertz CT molecular complexity index is 519. The van der Waals surface area contributed by atoms with Crippen LogP contribution in [0.5, 0.6) is 0 Å². The van der Waals surface area contributed by atoms with Crippen LogP contribution in [-0.4, -0.2) is 21.8 Å². The van der Waals surface area contributed by atoms with Crippen molar-refractivity contribution in [3.05, 3.63) is 30.1 Å². The summed E-state index contributed by atoms with van der Waals surface area (Å²) in [6, 6.07) is 4.38. The van der Waals surface area contributed by atoms with Gasteiger partial charge in [0.1, 0.15) is 0 Å². The minimum Gasteiger partial charge on any atom is -0.334 e. The van der Waals surface area contributed by atoms with Gasteiger partial charge in [-0.3, -0.25) is 4.79 Å². The van der Waals surface area contributed by atoms with Gasteiger partial charge >= 0.3 is 6.43 Å². The molecular weight excluding hydrogens is 202 g/mol. The third-order valence-electron chi connectivity index (χ3n) is 2.21. The molecule has 0 unspecified atom stereocenters. The first kappa shape index (κ1) is 9.76. The molecular formula is C10H8F2N2O. The maximum absolute atomic E-state index is 12.1. The summed E-state index contributed by atoms with van der Waals surface area (Å²) < 4.78 is 26.0. The van der Waals surface area contributed by atoms with Crippen molar-refractivity contribution in [1.82, 2.24) is 9.55 Å². The third-order valence-corrected chi connectivity index (χ3v) is 2.21. The number of nitrogens with zero attached hydrogens (tertiary/aromatic N) is 2. The molecule has 0 aliphatic rings. The van der Waals surface area contributed by atoms with Crippen LogP contribution in [0.25, 0.3) is 11.0 Å². The molecule has 0 amide bonds. The molecule has 0 saturated carbocycles. The molecule has 2 aromatic rings. The number of aromatic nitrogens is 2. The summed E-state index contributed by atoms with van der Waals surface area (Å²) in [6.07, 6.45) is -1.40. The van der Waals surface area contributed by atoms with E-state index in [-0.39, 0.29) is 5.56 Å². The summed E-state index contributed by atoms with van der Waals surface area (Å²) in [5, 5.41) is 0. The average molecular weight is 210 g/mol. The van der Waals surface area contributed by atoms with Gasteiger partial charge in [0, 0.05) is 12.6 Å². The number of benzene rings is 1. The molecule has 1 aromatic heterocycles. The minimum atomic E-state index is -2.97. The molecule has 0 fully saturated rings. The third kappa shape index (κ3) is 1.60. The molecule has 0 aliphatic carbocycles. The number of carbonyl (C=O) groups excluding carboxylic acids is 1. The highest BCUT2D eigenvalue weighted by molar-refractivity contribution is 6.00. The van der Waals surface area contributed by atoms with Crippen LogP contribution < -0.4 is 0 Å². The van der Waals surface area contributed by atoms with Gasteiger partial charge in [0.05, 0.1) is 17.4 Å². The van der Waals surface area contributed by atoms with Crippen molar-refractivity contribution in [1.29, 1.82) is 0 Å². The Balaban J connectivity index is 2.52. The number of halogens is 2. The lowest BCUT2D eigenvalue weighted by Gasteiger charge is -1.99. The maximum atomic E-state index is 12.1. The largest absolute Gasteiger partial charge is 0.334 e. The fraction of sp³-hybridized carbons (Fsp3) is 0.200. The Morgan fingerprint density at radius 2 is 2.20 bits per heavy atom. The molecule has 1 aromatic carbocycles. The summed E-state index contributed by atoms with van der Waals surface area (Å²) in [7, 11) is 1.80. The predicted octanol–water partition coefficient (Wildman–Crippen LogP) is 2.02. The van der Waals surface area contributed by atoms with Gasteiger partial charge in [-0.15, -0.1) is 0 Å². The van der Waals surface area contributed by atoms with E-state index in [1.54, 1.807) is 24.0 Å². The molecule has 0 N–H and O–H groups in total. The highest BCUT2D eigenvalue weighted by Crippen LogP contribution is 2.16. The molecule has 15 heavy (non-hydrogen) atoms. The molecule has 3 nitrogen and oxygen atoms in total. The first-order valence-electron chi connectivity index (χ1n) is 4.33. The molecule has 5 heteroatoms. The van der Waals surface area contributed by atoms with E-state index in [9.17, 15) is 13.6 Å². The molecule has 78 valence electrons. The van der Waals surface area contributed by atoms with Gasteiger partial charge in [-0.05, 0) is 18.2 Å². The fourth-order valence-electron chi connectivity index (χ4n) is 1.42. The Kier molecular flexibility index (Phi) is 2.22. The van der Waals surface area contributed by atoms with Gasteiger partial charge in [0.25, 0.3) is 0 Å². The van der Waals surface area contributed by atoms with E-state index in [0.29, 0.717) is 5.52 Å². The molecule has 0 saturated heterocycles. The fourth-order valence-corrected chi connectivity index (χ4v) is 1.42. The van der Waals surface area contributed by atoms with E-state index < -0.39 is 12.2 Å². The molecule has 0 bridgehead atoms. The zero-order chi connectivity index (χ0) is 11.0. The summed E-state index contributed by atoms with van der Waals surface area (Å²) in [5.74, 6) is -1.16. The zero-order valence-electron chi connectivity index (χ0n) is 7.95. The summed E-state index contributed by atoms with van der Waals surface area (Å²) >= 11 is 0. The van der Waals surface area contributed by atoms with Crippen LogP contribution in [0.15, 0.2) is 24.5 Å². The zero-order valence-corrected chi connectivity index (χ0v) is 7.95. The van der Waals surface area contributed by atoms with E-state index >= 15 is 0 Å². The average Bonchev–Trinajstić information content (AvgIpc) is 2.59. The number of Topliss-reactive ketones (excluding diaryl/α,β-unsaturated/α-hetero) is 1. The van der Waals surface area contributed by atoms with E-state index in [1.807, 2.05) is 0 Å². The van der Waals surface area contributed by atoms with Gasteiger partial charge in [-0.2, -0.15) is 0 Å². The lowest BCUT2D eigenvalue weighted by molar-refractivity contribution is 0.0679. The first-order valence-corrected chi connectivity index (χ1v) is 4.33. The van der Waals surface area contributed by atoms with Crippen molar-refractivity contribution in [3.8, 4) is 0 Å². The predicted molar refractivity (Wildman–Crippen MR) is 51.0 cm³/mol. The molecule has 1 heterocycles. The molecule has 0 radical (unpaired) electrons. The number of hydrogen-bond donors (Lipinski definition) is 0. The van der Waals surface area contributed by atoms with Crippen molar-refractivity contribution >= 4 is 16.8 Å². The minimum absolute atomic E-state index is 0.00352. The maximum Gasteiger partial charge on any atom is 0.300 e. The number of fused-ring (bicyclic) bond motifs is 1. The van der Waals surface area contributed by atoms with Gasteiger partial charge in [-0.1, -0.05) is 0 Å². The smallest absolute Gasteiger partial charge is 0.300 e. The number of aryl methyl sites for hydroxylation is 1. The summed E-state index contributed by atoms with van der Waals surface area (Å²) in [5.41, 5.74) is 1.35. The van der Waals surface area contributed by atoms with Crippen LogP contribution in [0.4, 0.5) is 8.78 Å². The van der Waals surface area contributed by atoms with Crippen molar-refractivity contribution in [2.45, 2.75) is 6.43 Å². The van der Waals surface area contributed by atoms with Crippen LogP contribution in [0.1, 0.15) is 10.4 Å². The Morgan fingerprint density at radius 1 is 1.47 bits per heavy atom. The highest BCUT2D eigenvalue weighted by atomic mass is 19.3. The lowest BCUT2D eigenvalue weighted by Crippen LogP contribution is -2.09. The van der Waals surface area contributed by atoms with Crippen molar-refractivity contribution in [2.75, 3.05) is 0 Å². The first-order chi connectivity index (χ1) is 7.09. The Labute approximate surface area is 84.3 Å². The number of carbonyl (C=O) groups is 1. The second-order valence-electron chi connectivity index (χ2n) is 3.22. The molecule has 0 spiro atoms. The normalized spacial score (nSPS) is 11.2. The van der Waals surface area contributed by atoms with Crippen LogP contribution in [0.3, 0.4) is 0 Å². The standard InChI is InChI=1S/C10H8F2N2O/c1-14-5-13-7-4-6(2-3-8(7)14)9(15)10(11)12/h2-5,10H,1H3. The van der Waals surface area contributed by atoms with E-state index in [4.69, 9.17) is 0 Å². The monoisotopic (exact) mass is 210 g/mol. The second kappa shape index (κ2) is 3.42. The Hall–Kier alpha value is -1.78. The summed E-state index contributed by atoms with van der Waals surface area (Å²) in [6.45, 7) is 0. The van der Waals surface area contributed by atoms with Crippen LogP contribution in [0.2, 0.25) is 0 Å². The Morgan fingerprint density at radius 3 is 2.87 bits per heavy atom. The molecule has 2 rings (SSSR count). The number of ketones is 1. The van der Waals surface area contributed by atoms with E-state index in [2.05, 4.69) is 4.98 Å². The van der Waals surface area contributed by atoms with Crippen LogP contribution in [0, 0.1) is 0 Å². The van der Waals surface area contributed by atoms with E-state index in [0.717, 1.165) is 5.52 Å². The van der Waals surface area contributed by atoms with Crippen molar-refractivity contribution < 1.29 is 13.6 Å². The topological polar surface area (TPSA) is 34.9 Å². The van der Waals surface area contributed by atoms with Crippen LogP contribution >= 0.6 is 0 Å². The van der Waals surface area contributed by atoms with Crippen molar-refractivity contribution in [2.24, 2.45) is 7.05 Å².